The van der Waals surface area contributed by atoms with Crippen LogP contribution in [0.15, 0.2) is 22.8 Å². The monoisotopic (exact) mass is 568 g/mol. The molecule has 0 aromatic heterocycles. The average Bonchev–Trinajstić information content (AvgIpc) is 2.98. The van der Waals surface area contributed by atoms with Crippen LogP contribution in [0.2, 0.25) is 0 Å². The predicted octanol–water partition coefficient (Wildman–Crippen LogP) is 8.21. The highest BCUT2D eigenvalue weighted by Gasteiger charge is 2.67. The third kappa shape index (κ3) is 3.59. The zero-order valence-electron chi connectivity index (χ0n) is 22.5. The molecule has 33 heavy (non-hydrogen) atoms. The summed E-state index contributed by atoms with van der Waals surface area (Å²) < 4.78 is -0.134. The van der Waals surface area contributed by atoms with Crippen LogP contribution in [0.1, 0.15) is 113 Å². The molecule has 0 aliphatic heterocycles. The third-order valence-corrected chi connectivity index (χ3v) is 13.1. The second kappa shape index (κ2) is 8.33. The summed E-state index contributed by atoms with van der Waals surface area (Å²) in [5.41, 5.74) is 5.26. The van der Waals surface area contributed by atoms with Crippen molar-refractivity contribution >= 4 is 22.6 Å². The van der Waals surface area contributed by atoms with Crippen molar-refractivity contribution in [1.82, 2.24) is 0 Å². The van der Waals surface area contributed by atoms with E-state index in [0.717, 1.165) is 31.1 Å². The summed E-state index contributed by atoms with van der Waals surface area (Å²) >= 11 is 2.33. The second-order valence-corrected chi connectivity index (χ2v) is 15.3. The van der Waals surface area contributed by atoms with Gasteiger partial charge < -0.3 is 10.2 Å². The Morgan fingerprint density at radius 1 is 1.03 bits per heavy atom. The van der Waals surface area contributed by atoms with Crippen molar-refractivity contribution in [2.24, 2.45) is 39.4 Å². The van der Waals surface area contributed by atoms with E-state index in [0.29, 0.717) is 16.7 Å². The van der Waals surface area contributed by atoms with Gasteiger partial charge in [0.25, 0.3) is 0 Å². The molecule has 2 fully saturated rings. The number of allylic oxidation sites excluding steroid dienone is 4. The fourth-order valence-electron chi connectivity index (χ4n) is 9.50. The van der Waals surface area contributed by atoms with Crippen molar-refractivity contribution in [3.05, 3.63) is 22.8 Å². The third-order valence-electron chi connectivity index (χ3n) is 11.8. The first-order valence-corrected chi connectivity index (χ1v) is 14.8. The van der Waals surface area contributed by atoms with Gasteiger partial charge in [-0.2, -0.15) is 0 Å². The van der Waals surface area contributed by atoms with E-state index in [1.54, 1.807) is 11.1 Å². The minimum absolute atomic E-state index is 0.0926. The molecule has 7 atom stereocenters. The molecule has 4 aliphatic carbocycles. The van der Waals surface area contributed by atoms with Gasteiger partial charge in [-0.05, 0) is 106 Å². The fourth-order valence-corrected chi connectivity index (χ4v) is 11.2. The lowest BCUT2D eigenvalue weighted by molar-refractivity contribution is -0.279. The van der Waals surface area contributed by atoms with Crippen molar-refractivity contribution in [2.75, 3.05) is 0 Å². The van der Waals surface area contributed by atoms with E-state index in [2.05, 4.69) is 84.1 Å². The van der Waals surface area contributed by atoms with Gasteiger partial charge in [0.15, 0.2) is 5.79 Å². The normalized spacial score (nSPS) is 44.5. The van der Waals surface area contributed by atoms with Gasteiger partial charge in [0.1, 0.15) is 0 Å². The second-order valence-electron chi connectivity index (χ2n) is 13.8. The van der Waals surface area contributed by atoms with Crippen molar-refractivity contribution in [1.29, 1.82) is 0 Å². The molecular formula is C30H49IO2. The summed E-state index contributed by atoms with van der Waals surface area (Å²) in [5.74, 6) is 0.327. The van der Waals surface area contributed by atoms with Crippen LogP contribution in [0.4, 0.5) is 0 Å². The van der Waals surface area contributed by atoms with E-state index in [9.17, 15) is 10.2 Å². The first-order chi connectivity index (χ1) is 15.1. The number of rotatable bonds is 4. The molecule has 188 valence electrons. The largest absolute Gasteiger partial charge is 0.364 e. The molecule has 3 heteroatoms. The van der Waals surface area contributed by atoms with Gasteiger partial charge in [0.2, 0.25) is 0 Å². The van der Waals surface area contributed by atoms with Crippen molar-refractivity contribution in [3.8, 4) is 0 Å². The van der Waals surface area contributed by atoms with E-state index < -0.39 is 11.2 Å². The summed E-state index contributed by atoms with van der Waals surface area (Å²) in [6.07, 6.45) is 13.3. The summed E-state index contributed by atoms with van der Waals surface area (Å²) in [4.78, 5) is 0. The topological polar surface area (TPSA) is 40.5 Å². The van der Waals surface area contributed by atoms with E-state index in [-0.39, 0.29) is 9.34 Å². The van der Waals surface area contributed by atoms with Crippen LogP contribution < -0.4 is 0 Å². The Balaban J connectivity index is 1.68. The van der Waals surface area contributed by atoms with Crippen LogP contribution in [0.5, 0.6) is 0 Å². The Kier molecular flexibility index (Phi) is 6.62. The van der Waals surface area contributed by atoms with Gasteiger partial charge in [-0.1, -0.05) is 86.9 Å². The maximum Gasteiger partial charge on any atom is 0.180 e. The average molecular weight is 569 g/mol. The van der Waals surface area contributed by atoms with Crippen LogP contribution >= 0.6 is 22.6 Å². The molecule has 2 unspecified atom stereocenters. The van der Waals surface area contributed by atoms with E-state index in [4.69, 9.17) is 0 Å². The Bertz CT molecular complexity index is 849. The van der Waals surface area contributed by atoms with Crippen LogP contribution in [0, 0.1) is 39.4 Å². The minimum Gasteiger partial charge on any atom is -0.364 e. The molecule has 0 saturated heterocycles. The number of aliphatic hydroxyl groups is 2. The fraction of sp³-hybridized carbons (Fsp3) is 0.867. The number of halogens is 1. The van der Waals surface area contributed by atoms with E-state index >= 15 is 0 Å². The molecule has 4 aliphatic rings. The van der Waals surface area contributed by atoms with Crippen LogP contribution in [-0.4, -0.2) is 19.9 Å². The predicted molar refractivity (Wildman–Crippen MR) is 147 cm³/mol. The quantitative estimate of drug-likeness (QED) is 0.155. The maximum absolute atomic E-state index is 11.1. The minimum atomic E-state index is -1.60. The highest BCUT2D eigenvalue weighted by atomic mass is 127. The van der Waals surface area contributed by atoms with Gasteiger partial charge in [0, 0.05) is 5.41 Å². The van der Waals surface area contributed by atoms with Gasteiger partial charge in [0.05, 0.1) is 3.92 Å². The molecule has 0 radical (unpaired) electrons. The molecule has 2 N–H and O–H groups in total. The lowest BCUT2D eigenvalue weighted by Gasteiger charge is -2.64. The molecule has 0 heterocycles. The smallest absolute Gasteiger partial charge is 0.180 e. The van der Waals surface area contributed by atoms with Gasteiger partial charge in [-0.25, -0.2) is 0 Å². The van der Waals surface area contributed by atoms with E-state index in [1.165, 1.54) is 44.1 Å². The van der Waals surface area contributed by atoms with Gasteiger partial charge in [-0.3, -0.25) is 0 Å². The highest BCUT2D eigenvalue weighted by molar-refractivity contribution is 14.1. The Morgan fingerprint density at radius 3 is 2.33 bits per heavy atom. The summed E-state index contributed by atoms with van der Waals surface area (Å²) in [6, 6.07) is 0. The molecule has 2 saturated carbocycles. The Labute approximate surface area is 217 Å². The molecule has 0 amide bonds. The number of hydrogen-bond acceptors (Lipinski definition) is 2. The summed E-state index contributed by atoms with van der Waals surface area (Å²) in [7, 11) is 0. The van der Waals surface area contributed by atoms with Crippen molar-refractivity contribution in [3.63, 3.8) is 0 Å². The zero-order chi connectivity index (χ0) is 24.6. The Morgan fingerprint density at radius 2 is 1.70 bits per heavy atom. The first kappa shape index (κ1) is 26.2. The van der Waals surface area contributed by atoms with Gasteiger partial charge in [-0.15, -0.1) is 0 Å². The molecule has 0 spiro atoms. The molecule has 0 aromatic rings. The van der Waals surface area contributed by atoms with Crippen molar-refractivity contribution in [2.45, 2.75) is 123 Å². The summed E-state index contributed by atoms with van der Waals surface area (Å²) in [6.45, 7) is 18.9. The lowest BCUT2D eigenvalue weighted by atomic mass is 9.42. The lowest BCUT2D eigenvalue weighted by Crippen LogP contribution is -2.65. The van der Waals surface area contributed by atoms with E-state index in [1.807, 2.05) is 0 Å². The SMILES string of the molecule is CC(C)=CCC[C@@H](C)[C@H]1CC[C@@]2(C)C3=C(CC[C@@]12C)[C@@]1(C)CC(I)C(O)(O)C(C)(C)C1CC3. The molecule has 0 bridgehead atoms. The standard InChI is InChI=1S/C30H49IO2/c1-19(2)10-9-11-20(3)21-14-16-29(8)23-12-13-24-26(4,5)30(32,33)25(31)18-27(24,6)22(23)15-17-28(21,29)7/h10,20-21,24-25,32-33H,9,11-18H2,1-8H3/t20-,21-,24?,25?,27-,28+,29+/m1/s1. The molecule has 0 aromatic carbocycles. The van der Waals surface area contributed by atoms with Crippen molar-refractivity contribution < 1.29 is 10.2 Å². The highest BCUT2D eigenvalue weighted by Crippen LogP contribution is 2.73. The number of alkyl halides is 1. The number of hydrogen-bond donors (Lipinski definition) is 2. The Hall–Kier alpha value is 0.130. The maximum atomic E-state index is 11.1. The van der Waals surface area contributed by atoms with Crippen LogP contribution in [0.25, 0.3) is 0 Å². The van der Waals surface area contributed by atoms with Gasteiger partial charge >= 0.3 is 0 Å². The first-order valence-electron chi connectivity index (χ1n) is 13.6. The van der Waals surface area contributed by atoms with Crippen LogP contribution in [0.3, 0.4) is 0 Å². The molecule has 4 rings (SSSR count). The number of fused-ring (bicyclic) bond motifs is 4. The molecule has 2 nitrogen and oxygen atoms in total. The summed E-state index contributed by atoms with van der Waals surface area (Å²) in [5, 5.41) is 22.2. The zero-order valence-corrected chi connectivity index (χ0v) is 24.7. The molecular weight excluding hydrogens is 519 g/mol. The van der Waals surface area contributed by atoms with Crippen LogP contribution in [-0.2, 0) is 0 Å².